The number of aromatic nitrogens is 1. The molecule has 4 atom stereocenters. The number of carboxylic acid groups (broad SMARTS) is 2. The third-order valence-electron chi connectivity index (χ3n) is 6.90. The van der Waals surface area contributed by atoms with Gasteiger partial charge < -0.3 is 15.5 Å². The minimum Gasteiger partial charge on any atom is -0.480 e. The Hall–Kier alpha value is -2.37. The van der Waals surface area contributed by atoms with Gasteiger partial charge in [-0.25, -0.2) is 8.42 Å². The van der Waals surface area contributed by atoms with Crippen molar-refractivity contribution in [2.75, 3.05) is 13.6 Å². The Balaban J connectivity index is 0.000000534. The van der Waals surface area contributed by atoms with Crippen LogP contribution in [0.2, 0.25) is 0 Å². The van der Waals surface area contributed by atoms with Crippen molar-refractivity contribution < 1.29 is 33.0 Å². The fourth-order valence-electron chi connectivity index (χ4n) is 4.72. The molecule has 2 aliphatic rings. The Bertz CT molecular complexity index is 965. The molecule has 2 aliphatic carbocycles. The molecule has 0 spiro atoms. The van der Waals surface area contributed by atoms with Crippen molar-refractivity contribution in [3.63, 3.8) is 0 Å². The van der Waals surface area contributed by atoms with Gasteiger partial charge in [-0.15, -0.1) is 0 Å². The summed E-state index contributed by atoms with van der Waals surface area (Å²) in [6.07, 6.45) is 4.35. The van der Waals surface area contributed by atoms with Crippen LogP contribution in [0.4, 0.5) is 0 Å². The largest absolute Gasteiger partial charge is 0.480 e. The Morgan fingerprint density at radius 1 is 1.28 bits per heavy atom. The quantitative estimate of drug-likeness (QED) is 0.429. The molecule has 0 saturated heterocycles. The smallest absolute Gasteiger partial charge is 0.322 e. The van der Waals surface area contributed by atoms with Crippen LogP contribution >= 0.6 is 0 Å². The fourth-order valence-corrected chi connectivity index (χ4v) is 6.90. The summed E-state index contributed by atoms with van der Waals surface area (Å²) in [5.74, 6) is -2.70. The van der Waals surface area contributed by atoms with E-state index in [0.717, 1.165) is 0 Å². The van der Waals surface area contributed by atoms with Crippen LogP contribution in [0.15, 0.2) is 24.5 Å². The lowest BCUT2D eigenvalue weighted by atomic mass is 9.70. The highest BCUT2D eigenvalue weighted by atomic mass is 32.2. The number of sulfonamides is 1. The highest BCUT2D eigenvalue weighted by Gasteiger charge is 2.69. The number of pyridine rings is 1. The topological polar surface area (TPSA) is 163 Å². The molecule has 10 nitrogen and oxygen atoms in total. The first-order valence-corrected chi connectivity index (χ1v) is 11.9. The molecule has 3 unspecified atom stereocenters. The molecule has 1 heterocycles. The van der Waals surface area contributed by atoms with Gasteiger partial charge in [0.25, 0.3) is 0 Å². The third kappa shape index (κ3) is 5.00. The molecule has 32 heavy (non-hydrogen) atoms. The minimum atomic E-state index is -4.11. The van der Waals surface area contributed by atoms with Crippen LogP contribution in [0.25, 0.3) is 0 Å². The number of nitrogens with one attached hydrogen (secondary N) is 2. The Labute approximate surface area is 187 Å². The molecule has 0 aromatic carbocycles. The van der Waals surface area contributed by atoms with E-state index in [0.29, 0.717) is 18.4 Å². The van der Waals surface area contributed by atoms with E-state index in [1.54, 1.807) is 25.4 Å². The highest BCUT2D eigenvalue weighted by molar-refractivity contribution is 7.91. The Kier molecular flexibility index (Phi) is 7.79. The number of hydrogen-bond acceptors (Lipinski definition) is 7. The van der Waals surface area contributed by atoms with Gasteiger partial charge in [0.05, 0.1) is 6.54 Å². The molecular formula is C21H31N3O7S. The van der Waals surface area contributed by atoms with Crippen LogP contribution in [0.1, 0.15) is 39.2 Å². The molecular weight excluding hydrogens is 438 g/mol. The van der Waals surface area contributed by atoms with Gasteiger partial charge in [-0.05, 0) is 42.9 Å². The lowest BCUT2D eigenvalue weighted by molar-refractivity contribution is -0.139. The van der Waals surface area contributed by atoms with Crippen molar-refractivity contribution >= 4 is 27.7 Å². The first-order valence-electron chi connectivity index (χ1n) is 10.3. The Morgan fingerprint density at radius 2 is 1.94 bits per heavy atom. The zero-order chi connectivity index (χ0) is 24.3. The van der Waals surface area contributed by atoms with E-state index in [1.165, 1.54) is 6.20 Å². The number of carbonyl (C=O) groups is 3. The number of ketones is 1. The summed E-state index contributed by atoms with van der Waals surface area (Å²) in [7, 11) is -2.52. The van der Waals surface area contributed by atoms with E-state index < -0.39 is 44.1 Å². The van der Waals surface area contributed by atoms with Gasteiger partial charge in [0.2, 0.25) is 10.0 Å². The normalized spacial score (nSPS) is 26.8. The monoisotopic (exact) mass is 469 g/mol. The van der Waals surface area contributed by atoms with Crippen LogP contribution in [0.3, 0.4) is 0 Å². The molecule has 1 aromatic heterocycles. The van der Waals surface area contributed by atoms with Crippen LogP contribution < -0.4 is 10.0 Å². The number of hydrogen-bond donors (Lipinski definition) is 4. The number of likely N-dealkylation sites (N-methyl/N-ethyl adjacent to an activating group) is 1. The molecule has 4 N–H and O–H groups in total. The Morgan fingerprint density at radius 3 is 2.34 bits per heavy atom. The van der Waals surface area contributed by atoms with E-state index in [9.17, 15) is 27.9 Å². The molecule has 0 aliphatic heterocycles. The van der Waals surface area contributed by atoms with Crippen molar-refractivity contribution in [1.29, 1.82) is 0 Å². The molecule has 1 aromatic rings. The van der Waals surface area contributed by atoms with Crippen LogP contribution in [0.5, 0.6) is 0 Å². The summed E-state index contributed by atoms with van der Waals surface area (Å²) in [6, 6.07) is 2.00. The number of nitrogens with zero attached hydrogens (tertiary/aromatic N) is 1. The fraction of sp³-hybridized carbons (Fsp3) is 0.619. The van der Waals surface area contributed by atoms with Crippen molar-refractivity contribution in [2.45, 2.75) is 51.3 Å². The summed E-state index contributed by atoms with van der Waals surface area (Å²) in [5.41, 5.74) is -0.501. The van der Waals surface area contributed by atoms with E-state index in [4.69, 9.17) is 5.11 Å². The molecule has 2 saturated carbocycles. The van der Waals surface area contributed by atoms with Crippen LogP contribution in [-0.2, 0) is 30.8 Å². The number of aliphatic carboxylic acids is 2. The van der Waals surface area contributed by atoms with Gasteiger partial charge in [-0.1, -0.05) is 26.8 Å². The first-order chi connectivity index (χ1) is 14.8. The standard InChI is InChI=1S/C18H24N2O5S.C3H7NO2/c1-17(2)12-6-7-18(17,3)15(21)14(12)26(24,25)20-13(16(22)23)9-11-5-4-8-19-10-11;1-4-2-3(5)6/h4-5,8,10,12-14,20H,6-7,9H2,1-3H3,(H,22,23);4H,2H2,1H3,(H,5,6)/t12?,13-,14?,18?;/m1./s1. The summed E-state index contributed by atoms with van der Waals surface area (Å²) in [6.45, 7) is 5.74. The van der Waals surface area contributed by atoms with Gasteiger partial charge >= 0.3 is 11.9 Å². The zero-order valence-corrected chi connectivity index (χ0v) is 19.5. The second-order valence-electron chi connectivity index (χ2n) is 9.03. The molecule has 0 amide bonds. The molecule has 178 valence electrons. The summed E-state index contributed by atoms with van der Waals surface area (Å²) in [5, 5.41) is 18.6. The summed E-state index contributed by atoms with van der Waals surface area (Å²) in [4.78, 5) is 37.9. The molecule has 2 fully saturated rings. The van der Waals surface area contributed by atoms with E-state index in [2.05, 4.69) is 15.0 Å². The number of Topliss-reactive ketones (excluding diaryl/α,β-unsaturated/α-hetero) is 1. The first kappa shape index (κ1) is 25.9. The van der Waals surface area contributed by atoms with E-state index in [1.807, 2.05) is 20.8 Å². The number of carbonyl (C=O) groups excluding carboxylic acids is 1. The predicted octanol–water partition coefficient (Wildman–Crippen LogP) is 0.681. The maximum Gasteiger partial charge on any atom is 0.322 e. The van der Waals surface area contributed by atoms with Gasteiger partial charge in [-0.3, -0.25) is 19.4 Å². The van der Waals surface area contributed by atoms with Crippen molar-refractivity contribution in [2.24, 2.45) is 16.7 Å². The summed E-state index contributed by atoms with van der Waals surface area (Å²) >= 11 is 0. The highest BCUT2D eigenvalue weighted by Crippen LogP contribution is 2.64. The SMILES string of the molecule is CC12CCC(C(S(=O)(=O)N[C@H](Cc3cccnc3)C(=O)O)C1=O)C2(C)C.CNCC(=O)O. The van der Waals surface area contributed by atoms with Crippen LogP contribution in [0, 0.1) is 16.7 Å². The van der Waals surface area contributed by atoms with Crippen molar-refractivity contribution in [1.82, 2.24) is 15.0 Å². The second kappa shape index (κ2) is 9.63. The van der Waals surface area contributed by atoms with E-state index >= 15 is 0 Å². The minimum absolute atomic E-state index is 0.0331. The number of fused-ring (bicyclic) bond motifs is 2. The van der Waals surface area contributed by atoms with Crippen molar-refractivity contribution in [3.8, 4) is 0 Å². The van der Waals surface area contributed by atoms with Gasteiger partial charge in [0.15, 0.2) is 5.78 Å². The van der Waals surface area contributed by atoms with Gasteiger partial charge in [0, 0.05) is 24.2 Å². The molecule has 2 bridgehead atoms. The van der Waals surface area contributed by atoms with E-state index in [-0.39, 0.29) is 24.7 Å². The molecule has 3 rings (SSSR count). The number of rotatable bonds is 8. The van der Waals surface area contributed by atoms with Gasteiger partial charge in [-0.2, -0.15) is 4.72 Å². The second-order valence-corrected chi connectivity index (χ2v) is 10.9. The van der Waals surface area contributed by atoms with Gasteiger partial charge in [0.1, 0.15) is 11.3 Å². The predicted molar refractivity (Wildman–Crippen MR) is 116 cm³/mol. The van der Waals surface area contributed by atoms with Crippen LogP contribution in [-0.4, -0.2) is 66.2 Å². The average molecular weight is 470 g/mol. The van der Waals surface area contributed by atoms with Crippen molar-refractivity contribution in [3.05, 3.63) is 30.1 Å². The summed E-state index contributed by atoms with van der Waals surface area (Å²) < 4.78 is 28.2. The number of carboxylic acids is 2. The third-order valence-corrected chi connectivity index (χ3v) is 8.73. The molecule has 11 heteroatoms. The lowest BCUT2D eigenvalue weighted by Gasteiger charge is -2.32. The molecule has 0 radical (unpaired) electrons. The average Bonchev–Trinajstić information content (AvgIpc) is 3.00. The zero-order valence-electron chi connectivity index (χ0n) is 18.7. The maximum atomic E-state index is 13.0. The maximum absolute atomic E-state index is 13.0. The lowest BCUT2D eigenvalue weighted by Crippen LogP contribution is -2.50.